The first-order valence-electron chi connectivity index (χ1n) is 6.86. The molecule has 2 aromatic carbocycles. The SMILES string of the molecule is Nc1ccc(Nc2ccc(N3CCOCC3)cc2)cc1. The van der Waals surface area contributed by atoms with Crippen molar-refractivity contribution in [1.29, 1.82) is 0 Å². The number of hydrogen-bond acceptors (Lipinski definition) is 4. The van der Waals surface area contributed by atoms with Crippen molar-refractivity contribution in [3.05, 3.63) is 48.5 Å². The predicted molar refractivity (Wildman–Crippen MR) is 83.6 cm³/mol. The summed E-state index contributed by atoms with van der Waals surface area (Å²) < 4.78 is 5.37. The molecule has 0 atom stereocenters. The normalized spacial score (nSPS) is 15.1. The van der Waals surface area contributed by atoms with Crippen molar-refractivity contribution in [2.24, 2.45) is 0 Å². The van der Waals surface area contributed by atoms with Gasteiger partial charge >= 0.3 is 0 Å². The van der Waals surface area contributed by atoms with Gasteiger partial charge in [0.2, 0.25) is 0 Å². The lowest BCUT2D eigenvalue weighted by Crippen LogP contribution is -2.36. The molecule has 0 radical (unpaired) electrons. The molecule has 104 valence electrons. The summed E-state index contributed by atoms with van der Waals surface area (Å²) >= 11 is 0. The van der Waals surface area contributed by atoms with Gasteiger partial charge in [0.15, 0.2) is 0 Å². The molecule has 4 nitrogen and oxygen atoms in total. The molecule has 0 bridgehead atoms. The van der Waals surface area contributed by atoms with Gasteiger partial charge in [0, 0.05) is 35.8 Å². The lowest BCUT2D eigenvalue weighted by atomic mass is 10.2. The molecular weight excluding hydrogens is 250 g/mol. The van der Waals surface area contributed by atoms with Crippen molar-refractivity contribution in [2.75, 3.05) is 42.3 Å². The van der Waals surface area contributed by atoms with Gasteiger partial charge in [-0.05, 0) is 48.5 Å². The average molecular weight is 269 g/mol. The molecule has 2 aromatic rings. The highest BCUT2D eigenvalue weighted by Crippen LogP contribution is 2.22. The molecule has 0 amide bonds. The highest BCUT2D eigenvalue weighted by atomic mass is 16.5. The maximum atomic E-state index is 5.68. The van der Waals surface area contributed by atoms with Crippen LogP contribution in [0, 0.1) is 0 Å². The standard InChI is InChI=1S/C16H19N3O/c17-13-1-3-14(4-2-13)18-15-5-7-16(8-6-15)19-9-11-20-12-10-19/h1-8,18H,9-12,17H2. The Bertz CT molecular complexity index is 545. The molecular formula is C16H19N3O. The van der Waals surface area contributed by atoms with Crippen LogP contribution in [-0.2, 0) is 4.74 Å². The fourth-order valence-corrected chi connectivity index (χ4v) is 2.31. The number of ether oxygens (including phenoxy) is 1. The van der Waals surface area contributed by atoms with Crippen LogP contribution in [0.25, 0.3) is 0 Å². The quantitative estimate of drug-likeness (QED) is 0.841. The van der Waals surface area contributed by atoms with Crippen LogP contribution in [0.3, 0.4) is 0 Å². The van der Waals surface area contributed by atoms with Gasteiger partial charge in [-0.1, -0.05) is 0 Å². The number of rotatable bonds is 3. The molecule has 0 spiro atoms. The topological polar surface area (TPSA) is 50.5 Å². The molecule has 0 unspecified atom stereocenters. The third-order valence-electron chi connectivity index (χ3n) is 3.44. The maximum absolute atomic E-state index is 5.68. The van der Waals surface area contributed by atoms with Crippen LogP contribution < -0.4 is 16.0 Å². The Balaban J connectivity index is 1.67. The molecule has 3 rings (SSSR count). The highest BCUT2D eigenvalue weighted by Gasteiger charge is 2.10. The van der Waals surface area contributed by atoms with Gasteiger partial charge in [-0.25, -0.2) is 0 Å². The summed E-state index contributed by atoms with van der Waals surface area (Å²) in [7, 11) is 0. The van der Waals surface area contributed by atoms with Crippen molar-refractivity contribution in [3.8, 4) is 0 Å². The van der Waals surface area contributed by atoms with Crippen LogP contribution in [-0.4, -0.2) is 26.3 Å². The Morgan fingerprint density at radius 2 is 1.40 bits per heavy atom. The Morgan fingerprint density at radius 3 is 2.00 bits per heavy atom. The van der Waals surface area contributed by atoms with E-state index in [9.17, 15) is 0 Å². The zero-order valence-corrected chi connectivity index (χ0v) is 11.4. The zero-order valence-electron chi connectivity index (χ0n) is 11.4. The predicted octanol–water partition coefficient (Wildman–Crippen LogP) is 2.85. The van der Waals surface area contributed by atoms with E-state index in [1.807, 2.05) is 24.3 Å². The van der Waals surface area contributed by atoms with Crippen LogP contribution in [0.15, 0.2) is 48.5 Å². The monoisotopic (exact) mass is 269 g/mol. The van der Waals surface area contributed by atoms with E-state index < -0.39 is 0 Å². The second-order valence-corrected chi connectivity index (χ2v) is 4.89. The Labute approximate surface area is 119 Å². The molecule has 3 N–H and O–H groups in total. The van der Waals surface area contributed by atoms with Crippen LogP contribution >= 0.6 is 0 Å². The third-order valence-corrected chi connectivity index (χ3v) is 3.44. The number of anilines is 4. The van der Waals surface area contributed by atoms with Crippen molar-refractivity contribution in [2.45, 2.75) is 0 Å². The third kappa shape index (κ3) is 3.03. The van der Waals surface area contributed by atoms with Gasteiger partial charge in [-0.15, -0.1) is 0 Å². The minimum atomic E-state index is 0.776. The first-order valence-corrected chi connectivity index (χ1v) is 6.86. The molecule has 0 saturated carbocycles. The first-order chi connectivity index (χ1) is 9.81. The van der Waals surface area contributed by atoms with Gasteiger partial charge in [0.25, 0.3) is 0 Å². The van der Waals surface area contributed by atoms with E-state index in [1.54, 1.807) is 0 Å². The molecule has 20 heavy (non-hydrogen) atoms. The summed E-state index contributed by atoms with van der Waals surface area (Å²) in [5, 5.41) is 3.36. The summed E-state index contributed by atoms with van der Waals surface area (Å²) in [5.41, 5.74) is 9.82. The van der Waals surface area contributed by atoms with E-state index in [0.29, 0.717) is 0 Å². The lowest BCUT2D eigenvalue weighted by Gasteiger charge is -2.28. The van der Waals surface area contributed by atoms with E-state index >= 15 is 0 Å². The Morgan fingerprint density at radius 1 is 0.850 bits per heavy atom. The van der Waals surface area contributed by atoms with E-state index in [0.717, 1.165) is 43.4 Å². The minimum Gasteiger partial charge on any atom is -0.399 e. The smallest absolute Gasteiger partial charge is 0.0642 e. The van der Waals surface area contributed by atoms with Crippen LogP contribution in [0.5, 0.6) is 0 Å². The second-order valence-electron chi connectivity index (χ2n) is 4.89. The zero-order chi connectivity index (χ0) is 13.8. The molecule has 4 heteroatoms. The number of benzene rings is 2. The van der Waals surface area contributed by atoms with Gasteiger partial charge < -0.3 is 20.7 Å². The number of nitrogens with two attached hydrogens (primary N) is 1. The van der Waals surface area contributed by atoms with Gasteiger partial charge in [0.1, 0.15) is 0 Å². The van der Waals surface area contributed by atoms with Crippen LogP contribution in [0.1, 0.15) is 0 Å². The summed E-state index contributed by atoms with van der Waals surface area (Å²) in [6.07, 6.45) is 0. The molecule has 1 fully saturated rings. The summed E-state index contributed by atoms with van der Waals surface area (Å²) in [6.45, 7) is 3.55. The van der Waals surface area contributed by atoms with Crippen molar-refractivity contribution in [3.63, 3.8) is 0 Å². The number of morpholine rings is 1. The summed E-state index contributed by atoms with van der Waals surface area (Å²) in [4.78, 5) is 2.34. The van der Waals surface area contributed by atoms with Crippen molar-refractivity contribution >= 4 is 22.7 Å². The second kappa shape index (κ2) is 5.84. The van der Waals surface area contributed by atoms with Crippen molar-refractivity contribution < 1.29 is 4.74 Å². The lowest BCUT2D eigenvalue weighted by molar-refractivity contribution is 0.122. The average Bonchev–Trinajstić information content (AvgIpc) is 2.51. The van der Waals surface area contributed by atoms with Gasteiger partial charge in [0.05, 0.1) is 13.2 Å². The molecule has 1 aliphatic heterocycles. The highest BCUT2D eigenvalue weighted by molar-refractivity contribution is 5.64. The molecule has 0 aromatic heterocycles. The molecule has 0 aliphatic carbocycles. The van der Waals surface area contributed by atoms with E-state index in [-0.39, 0.29) is 0 Å². The fourth-order valence-electron chi connectivity index (χ4n) is 2.31. The minimum absolute atomic E-state index is 0.776. The summed E-state index contributed by atoms with van der Waals surface area (Å²) in [6, 6.07) is 16.2. The number of nitrogens with one attached hydrogen (secondary N) is 1. The Kier molecular flexibility index (Phi) is 3.74. The van der Waals surface area contributed by atoms with E-state index in [1.165, 1.54) is 5.69 Å². The van der Waals surface area contributed by atoms with Crippen molar-refractivity contribution in [1.82, 2.24) is 0 Å². The van der Waals surface area contributed by atoms with Crippen LogP contribution in [0.4, 0.5) is 22.7 Å². The van der Waals surface area contributed by atoms with E-state index in [2.05, 4.69) is 34.5 Å². The van der Waals surface area contributed by atoms with E-state index in [4.69, 9.17) is 10.5 Å². The Hall–Kier alpha value is -2.20. The van der Waals surface area contributed by atoms with Crippen LogP contribution in [0.2, 0.25) is 0 Å². The first kappa shape index (κ1) is 12.8. The largest absolute Gasteiger partial charge is 0.399 e. The van der Waals surface area contributed by atoms with Gasteiger partial charge in [-0.3, -0.25) is 0 Å². The summed E-state index contributed by atoms with van der Waals surface area (Å²) in [5.74, 6) is 0. The number of nitrogen functional groups attached to an aromatic ring is 1. The number of hydrogen-bond donors (Lipinski definition) is 2. The molecule has 1 saturated heterocycles. The number of nitrogens with zero attached hydrogens (tertiary/aromatic N) is 1. The molecule has 1 heterocycles. The van der Waals surface area contributed by atoms with Gasteiger partial charge in [-0.2, -0.15) is 0 Å². The fraction of sp³-hybridized carbons (Fsp3) is 0.250. The maximum Gasteiger partial charge on any atom is 0.0642 e. The molecule has 1 aliphatic rings.